The monoisotopic (exact) mass is 487 g/mol. The van der Waals surface area contributed by atoms with E-state index in [2.05, 4.69) is 5.32 Å². The number of benzene rings is 2. The smallest absolute Gasteiger partial charge is 0.271 e. The molecule has 0 unspecified atom stereocenters. The Balaban J connectivity index is 1.96. The first-order chi connectivity index (χ1) is 14.4. The molecule has 1 amide bonds. The first-order valence-corrected chi connectivity index (χ1v) is 12.7. The molecule has 0 aromatic heterocycles. The maximum atomic E-state index is 12.8. The lowest BCUT2D eigenvalue weighted by molar-refractivity contribution is -0.385. The Kier molecular flexibility index (Phi) is 6.37. The number of nitrogens with one attached hydrogen (secondary N) is 1. The molecule has 3 rings (SSSR count). The Morgan fingerprint density at radius 1 is 1.10 bits per heavy atom. The number of sulfonamides is 1. The molecule has 1 fully saturated rings. The second-order valence-electron chi connectivity index (χ2n) is 6.96. The van der Waals surface area contributed by atoms with E-state index >= 15 is 0 Å². The summed E-state index contributed by atoms with van der Waals surface area (Å²) in [5.74, 6) is -0.847. The largest absolute Gasteiger partial charge is 0.322 e. The van der Waals surface area contributed by atoms with Crippen molar-refractivity contribution in [2.75, 3.05) is 24.7 Å². The third-order valence-corrected chi connectivity index (χ3v) is 8.14. The fraction of sp³-hybridized carbons (Fsp3) is 0.278. The van der Waals surface area contributed by atoms with Gasteiger partial charge in [0.05, 0.1) is 14.8 Å². The van der Waals surface area contributed by atoms with Crippen LogP contribution in [0.4, 0.5) is 11.4 Å². The summed E-state index contributed by atoms with van der Waals surface area (Å²) in [5.41, 5.74) is -0.755. The predicted molar refractivity (Wildman–Crippen MR) is 114 cm³/mol. The van der Waals surface area contributed by atoms with Crippen molar-refractivity contribution < 1.29 is 26.6 Å². The van der Waals surface area contributed by atoms with Gasteiger partial charge >= 0.3 is 0 Å². The molecule has 2 aromatic carbocycles. The van der Waals surface area contributed by atoms with E-state index in [0.717, 1.165) is 37.3 Å². The van der Waals surface area contributed by atoms with Crippen molar-refractivity contribution in [3.05, 3.63) is 57.1 Å². The first-order valence-electron chi connectivity index (χ1n) is 9.00. The highest BCUT2D eigenvalue weighted by Crippen LogP contribution is 2.30. The van der Waals surface area contributed by atoms with Gasteiger partial charge in [0, 0.05) is 42.7 Å². The Hall–Kier alpha value is -2.54. The van der Waals surface area contributed by atoms with Crippen LogP contribution < -0.4 is 5.32 Å². The number of amides is 1. The molecule has 2 aromatic rings. The second kappa shape index (κ2) is 8.54. The number of hydrogen-bond acceptors (Lipinski definition) is 7. The van der Waals surface area contributed by atoms with E-state index in [1.807, 2.05) is 0 Å². The van der Waals surface area contributed by atoms with Gasteiger partial charge in [-0.15, -0.1) is 0 Å². The van der Waals surface area contributed by atoms with Crippen LogP contribution in [0, 0.1) is 10.1 Å². The number of nitro benzene ring substituents is 1. The van der Waals surface area contributed by atoms with E-state index in [0.29, 0.717) is 13.1 Å². The van der Waals surface area contributed by atoms with Crippen LogP contribution in [0.3, 0.4) is 0 Å². The zero-order valence-electron chi connectivity index (χ0n) is 16.2. The Morgan fingerprint density at radius 2 is 1.74 bits per heavy atom. The van der Waals surface area contributed by atoms with Gasteiger partial charge in [0.1, 0.15) is 4.90 Å². The van der Waals surface area contributed by atoms with Gasteiger partial charge < -0.3 is 5.32 Å². The van der Waals surface area contributed by atoms with E-state index in [9.17, 15) is 31.7 Å². The lowest BCUT2D eigenvalue weighted by Gasteiger charge is -2.17. The average Bonchev–Trinajstić information content (AvgIpc) is 3.24. The zero-order valence-corrected chi connectivity index (χ0v) is 18.6. The topological polar surface area (TPSA) is 144 Å². The number of carbonyl (C=O) groups is 1. The van der Waals surface area contributed by atoms with Crippen molar-refractivity contribution in [2.45, 2.75) is 22.6 Å². The Labute approximate surface area is 183 Å². The molecule has 1 saturated heterocycles. The number of anilines is 1. The number of non-ortho nitro benzene ring substituents is 1. The maximum absolute atomic E-state index is 12.8. The lowest BCUT2D eigenvalue weighted by atomic mass is 10.2. The molecule has 0 spiro atoms. The van der Waals surface area contributed by atoms with Crippen LogP contribution in [0.15, 0.2) is 46.2 Å². The summed E-state index contributed by atoms with van der Waals surface area (Å²) >= 11 is 6.08. The van der Waals surface area contributed by atoms with Crippen LogP contribution in [0.2, 0.25) is 5.02 Å². The molecular weight excluding hydrogens is 470 g/mol. The minimum atomic E-state index is -3.85. The highest BCUT2D eigenvalue weighted by Gasteiger charge is 2.29. The van der Waals surface area contributed by atoms with Gasteiger partial charge in [-0.3, -0.25) is 14.9 Å². The maximum Gasteiger partial charge on any atom is 0.271 e. The molecule has 0 bridgehead atoms. The molecule has 13 heteroatoms. The van der Waals surface area contributed by atoms with Crippen LogP contribution in [-0.4, -0.2) is 51.3 Å². The molecule has 31 heavy (non-hydrogen) atoms. The van der Waals surface area contributed by atoms with Crippen LogP contribution in [0.25, 0.3) is 0 Å². The number of carbonyl (C=O) groups excluding carboxylic acids is 1. The van der Waals surface area contributed by atoms with Gasteiger partial charge in [0.25, 0.3) is 11.6 Å². The van der Waals surface area contributed by atoms with E-state index < -0.39 is 36.4 Å². The highest BCUT2D eigenvalue weighted by molar-refractivity contribution is 7.90. The second-order valence-corrected chi connectivity index (χ2v) is 11.3. The van der Waals surface area contributed by atoms with Crippen LogP contribution in [-0.2, 0) is 19.9 Å². The molecule has 1 heterocycles. The van der Waals surface area contributed by atoms with Crippen LogP contribution >= 0.6 is 11.6 Å². The van der Waals surface area contributed by atoms with E-state index in [1.165, 1.54) is 22.5 Å². The van der Waals surface area contributed by atoms with Gasteiger partial charge in [-0.1, -0.05) is 11.6 Å². The summed E-state index contributed by atoms with van der Waals surface area (Å²) in [6.07, 6.45) is 2.34. The third kappa shape index (κ3) is 5.03. The summed E-state index contributed by atoms with van der Waals surface area (Å²) < 4.78 is 50.6. The molecule has 0 radical (unpaired) electrons. The van der Waals surface area contributed by atoms with Gasteiger partial charge in [-0.05, 0) is 37.1 Å². The molecule has 10 nitrogen and oxygen atoms in total. The summed E-state index contributed by atoms with van der Waals surface area (Å²) in [6, 6.07) is 6.68. The van der Waals surface area contributed by atoms with Crippen molar-refractivity contribution in [3.8, 4) is 0 Å². The lowest BCUT2D eigenvalue weighted by Crippen LogP contribution is -2.28. The third-order valence-electron chi connectivity index (χ3n) is 4.66. The summed E-state index contributed by atoms with van der Waals surface area (Å²) in [5, 5.41) is 13.5. The average molecular weight is 488 g/mol. The van der Waals surface area contributed by atoms with E-state index in [4.69, 9.17) is 11.6 Å². The molecular formula is C18H18ClN3O7S2. The fourth-order valence-electron chi connectivity index (χ4n) is 3.08. The van der Waals surface area contributed by atoms with Crippen molar-refractivity contribution in [1.29, 1.82) is 0 Å². The van der Waals surface area contributed by atoms with Crippen molar-refractivity contribution in [3.63, 3.8) is 0 Å². The minimum absolute atomic E-state index is 0.0142. The number of nitrogens with zero attached hydrogens (tertiary/aromatic N) is 2. The molecule has 1 N–H and O–H groups in total. The normalized spacial score (nSPS) is 15.0. The van der Waals surface area contributed by atoms with Crippen LogP contribution in [0.5, 0.6) is 0 Å². The van der Waals surface area contributed by atoms with Gasteiger partial charge in [-0.25, -0.2) is 16.8 Å². The van der Waals surface area contributed by atoms with E-state index in [-0.39, 0.29) is 26.1 Å². The number of hydrogen-bond donors (Lipinski definition) is 1. The van der Waals surface area contributed by atoms with E-state index in [1.54, 1.807) is 0 Å². The van der Waals surface area contributed by atoms with Crippen molar-refractivity contribution in [1.82, 2.24) is 4.31 Å². The molecule has 166 valence electrons. The molecule has 0 saturated carbocycles. The molecule has 1 aliphatic heterocycles. The minimum Gasteiger partial charge on any atom is -0.322 e. The number of sulfone groups is 1. The van der Waals surface area contributed by atoms with Crippen LogP contribution in [0.1, 0.15) is 23.2 Å². The number of nitro groups is 1. The SMILES string of the molecule is CS(=O)(=O)c1cc(C(=O)Nc2ccc(Cl)c(S(=O)(=O)N3CCCC3)c2)cc([N+](=O)[O-])c1. The predicted octanol–water partition coefficient (Wildman–Crippen LogP) is 2.69. The van der Waals surface area contributed by atoms with Gasteiger partial charge in [0.15, 0.2) is 9.84 Å². The number of rotatable bonds is 6. The summed E-state index contributed by atoms with van der Waals surface area (Å²) in [6.45, 7) is 0.744. The zero-order chi connectivity index (χ0) is 23.0. The summed E-state index contributed by atoms with van der Waals surface area (Å²) in [4.78, 5) is 22.4. The fourth-order valence-corrected chi connectivity index (χ4v) is 5.78. The molecule has 1 aliphatic rings. The van der Waals surface area contributed by atoms with Crippen molar-refractivity contribution in [2.24, 2.45) is 0 Å². The van der Waals surface area contributed by atoms with Crippen molar-refractivity contribution >= 4 is 48.7 Å². The molecule has 0 atom stereocenters. The quantitative estimate of drug-likeness (QED) is 0.487. The van der Waals surface area contributed by atoms with Gasteiger partial charge in [-0.2, -0.15) is 4.31 Å². The summed E-state index contributed by atoms with van der Waals surface area (Å²) in [7, 11) is -7.67. The Morgan fingerprint density at radius 3 is 2.32 bits per heavy atom. The molecule has 0 aliphatic carbocycles. The first kappa shape index (κ1) is 23.1. The standard InChI is InChI=1S/C18H18ClN3O7S2/c1-30(26,27)15-9-12(8-14(11-15)22(24)25)18(23)20-13-4-5-16(19)17(10-13)31(28,29)21-6-2-3-7-21/h4-5,8-11H,2-3,6-7H2,1H3,(H,20,23). The number of halogens is 1. The Bertz CT molecular complexity index is 1270. The van der Waals surface area contributed by atoms with Gasteiger partial charge in [0.2, 0.25) is 10.0 Å². The highest BCUT2D eigenvalue weighted by atomic mass is 35.5.